The Morgan fingerprint density at radius 1 is 1.33 bits per heavy atom. The zero-order chi connectivity index (χ0) is 13.2. The van der Waals surface area contributed by atoms with Gasteiger partial charge in [-0.05, 0) is 31.9 Å². The molecule has 0 radical (unpaired) electrons. The Balaban J connectivity index is 2.09. The van der Waals surface area contributed by atoms with E-state index in [1.54, 1.807) is 0 Å². The molecule has 1 N–H and O–H groups in total. The average Bonchev–Trinajstić information content (AvgIpc) is 2.36. The van der Waals surface area contributed by atoms with E-state index in [0.29, 0.717) is 13.0 Å². The molecule has 18 heavy (non-hydrogen) atoms. The Hall–Kier alpha value is -1.35. The number of carbonyl (C=O) groups excluding carboxylic acids is 1. The van der Waals surface area contributed by atoms with Crippen LogP contribution in [0.15, 0.2) is 30.3 Å². The van der Waals surface area contributed by atoms with Gasteiger partial charge in [-0.3, -0.25) is 4.79 Å². The van der Waals surface area contributed by atoms with Gasteiger partial charge in [0, 0.05) is 13.0 Å². The number of hydrogen-bond donors (Lipinski definition) is 1. The lowest BCUT2D eigenvalue weighted by Crippen LogP contribution is -2.30. The Labute approximate surface area is 110 Å². The molecule has 0 saturated carbocycles. The monoisotopic (exact) mass is 249 g/mol. The van der Waals surface area contributed by atoms with Crippen molar-refractivity contribution in [2.24, 2.45) is 0 Å². The Morgan fingerprint density at radius 3 is 2.72 bits per heavy atom. The van der Waals surface area contributed by atoms with E-state index < -0.39 is 0 Å². The number of benzene rings is 1. The van der Waals surface area contributed by atoms with Gasteiger partial charge in [-0.1, -0.05) is 37.3 Å². The van der Waals surface area contributed by atoms with E-state index in [-0.39, 0.29) is 12.1 Å². The molecule has 0 spiro atoms. The molecule has 0 fully saturated rings. The van der Waals surface area contributed by atoms with Crippen molar-refractivity contribution in [1.82, 2.24) is 5.32 Å². The molecule has 1 unspecified atom stereocenters. The SMILES string of the molecule is CCCC(=O)OC(C)CNCCc1ccccc1. The minimum absolute atomic E-state index is 0.0557. The molecule has 0 amide bonds. The highest BCUT2D eigenvalue weighted by Crippen LogP contribution is 1.99. The van der Waals surface area contributed by atoms with Crippen molar-refractivity contribution in [1.29, 1.82) is 0 Å². The molecular formula is C15H23NO2. The highest BCUT2D eigenvalue weighted by Gasteiger charge is 2.07. The fourth-order valence-corrected chi connectivity index (χ4v) is 1.71. The second kappa shape index (κ2) is 8.70. The van der Waals surface area contributed by atoms with Crippen molar-refractivity contribution in [2.75, 3.05) is 13.1 Å². The highest BCUT2D eigenvalue weighted by molar-refractivity contribution is 5.69. The van der Waals surface area contributed by atoms with Gasteiger partial charge in [-0.2, -0.15) is 0 Å². The van der Waals surface area contributed by atoms with Crippen LogP contribution in [-0.2, 0) is 16.0 Å². The minimum Gasteiger partial charge on any atom is -0.461 e. The first kappa shape index (κ1) is 14.7. The standard InChI is InChI=1S/C15H23NO2/c1-3-7-15(17)18-13(2)12-16-11-10-14-8-5-4-6-9-14/h4-6,8-9,13,16H,3,7,10-12H2,1-2H3. The summed E-state index contributed by atoms with van der Waals surface area (Å²) < 4.78 is 5.24. The predicted octanol–water partition coefficient (Wildman–Crippen LogP) is 2.55. The minimum atomic E-state index is -0.102. The Morgan fingerprint density at radius 2 is 2.06 bits per heavy atom. The van der Waals surface area contributed by atoms with Crippen molar-refractivity contribution in [3.63, 3.8) is 0 Å². The molecule has 1 rings (SSSR count). The zero-order valence-corrected chi connectivity index (χ0v) is 11.3. The Bertz CT molecular complexity index is 338. The molecule has 0 aliphatic rings. The summed E-state index contributed by atoms with van der Waals surface area (Å²) >= 11 is 0. The molecule has 0 saturated heterocycles. The summed E-state index contributed by atoms with van der Waals surface area (Å²) in [5.41, 5.74) is 1.32. The summed E-state index contributed by atoms with van der Waals surface area (Å²) in [6.45, 7) is 5.51. The largest absolute Gasteiger partial charge is 0.461 e. The third-order valence-electron chi connectivity index (χ3n) is 2.65. The molecule has 0 aliphatic heterocycles. The molecule has 1 aromatic carbocycles. The summed E-state index contributed by atoms with van der Waals surface area (Å²) in [6.07, 6.45) is 2.29. The number of rotatable bonds is 8. The van der Waals surface area contributed by atoms with Crippen LogP contribution >= 0.6 is 0 Å². The van der Waals surface area contributed by atoms with Crippen molar-refractivity contribution in [3.8, 4) is 0 Å². The second-order valence-corrected chi connectivity index (χ2v) is 4.49. The van der Waals surface area contributed by atoms with Crippen molar-refractivity contribution in [2.45, 2.75) is 39.2 Å². The van der Waals surface area contributed by atoms with E-state index in [9.17, 15) is 4.79 Å². The maximum absolute atomic E-state index is 11.3. The number of nitrogens with one attached hydrogen (secondary N) is 1. The molecule has 100 valence electrons. The van der Waals surface area contributed by atoms with Crippen LogP contribution in [0.1, 0.15) is 32.3 Å². The molecule has 1 atom stereocenters. The number of carbonyl (C=O) groups is 1. The van der Waals surface area contributed by atoms with Crippen LogP contribution in [0.3, 0.4) is 0 Å². The number of hydrogen-bond acceptors (Lipinski definition) is 3. The van der Waals surface area contributed by atoms with Gasteiger partial charge in [0.15, 0.2) is 0 Å². The fraction of sp³-hybridized carbons (Fsp3) is 0.533. The van der Waals surface area contributed by atoms with E-state index in [1.807, 2.05) is 32.0 Å². The second-order valence-electron chi connectivity index (χ2n) is 4.49. The van der Waals surface area contributed by atoms with Gasteiger partial charge in [0.05, 0.1) is 0 Å². The van der Waals surface area contributed by atoms with Crippen LogP contribution in [0, 0.1) is 0 Å². The topological polar surface area (TPSA) is 38.3 Å². The van der Waals surface area contributed by atoms with Gasteiger partial charge >= 0.3 is 5.97 Å². The van der Waals surface area contributed by atoms with Crippen LogP contribution in [0.25, 0.3) is 0 Å². The van der Waals surface area contributed by atoms with E-state index in [2.05, 4.69) is 17.4 Å². The van der Waals surface area contributed by atoms with Gasteiger partial charge in [-0.15, -0.1) is 0 Å². The lowest BCUT2D eigenvalue weighted by Gasteiger charge is -2.13. The first-order valence-corrected chi connectivity index (χ1v) is 6.66. The van der Waals surface area contributed by atoms with Crippen LogP contribution in [0.2, 0.25) is 0 Å². The van der Waals surface area contributed by atoms with Gasteiger partial charge < -0.3 is 10.1 Å². The molecule has 0 aliphatic carbocycles. The molecule has 3 nitrogen and oxygen atoms in total. The normalized spacial score (nSPS) is 12.1. The summed E-state index contributed by atoms with van der Waals surface area (Å²) in [6, 6.07) is 10.3. The molecular weight excluding hydrogens is 226 g/mol. The molecule has 0 heterocycles. The van der Waals surface area contributed by atoms with E-state index in [4.69, 9.17) is 4.74 Å². The average molecular weight is 249 g/mol. The Kier molecular flexibility index (Phi) is 7.11. The van der Waals surface area contributed by atoms with Gasteiger partial charge in [0.2, 0.25) is 0 Å². The van der Waals surface area contributed by atoms with Gasteiger partial charge in [0.1, 0.15) is 6.10 Å². The van der Waals surface area contributed by atoms with Crippen LogP contribution in [-0.4, -0.2) is 25.2 Å². The zero-order valence-electron chi connectivity index (χ0n) is 11.3. The first-order chi connectivity index (χ1) is 8.72. The smallest absolute Gasteiger partial charge is 0.306 e. The lowest BCUT2D eigenvalue weighted by molar-refractivity contribution is -0.148. The molecule has 0 aromatic heterocycles. The van der Waals surface area contributed by atoms with E-state index >= 15 is 0 Å². The number of ether oxygens (including phenoxy) is 1. The third kappa shape index (κ3) is 6.40. The predicted molar refractivity (Wildman–Crippen MR) is 73.5 cm³/mol. The van der Waals surface area contributed by atoms with E-state index in [0.717, 1.165) is 19.4 Å². The lowest BCUT2D eigenvalue weighted by atomic mass is 10.1. The summed E-state index contributed by atoms with van der Waals surface area (Å²) in [5.74, 6) is -0.102. The maximum atomic E-state index is 11.3. The van der Waals surface area contributed by atoms with Crippen LogP contribution < -0.4 is 5.32 Å². The quantitative estimate of drug-likeness (QED) is 0.568. The number of esters is 1. The molecule has 3 heteroatoms. The third-order valence-corrected chi connectivity index (χ3v) is 2.65. The van der Waals surface area contributed by atoms with Crippen molar-refractivity contribution < 1.29 is 9.53 Å². The van der Waals surface area contributed by atoms with Gasteiger partial charge in [-0.25, -0.2) is 0 Å². The molecule has 0 bridgehead atoms. The van der Waals surface area contributed by atoms with Crippen molar-refractivity contribution >= 4 is 5.97 Å². The summed E-state index contributed by atoms with van der Waals surface area (Å²) in [7, 11) is 0. The summed E-state index contributed by atoms with van der Waals surface area (Å²) in [4.78, 5) is 11.3. The van der Waals surface area contributed by atoms with Crippen LogP contribution in [0.5, 0.6) is 0 Å². The van der Waals surface area contributed by atoms with E-state index in [1.165, 1.54) is 5.56 Å². The highest BCUT2D eigenvalue weighted by atomic mass is 16.5. The van der Waals surface area contributed by atoms with Gasteiger partial charge in [0.25, 0.3) is 0 Å². The maximum Gasteiger partial charge on any atom is 0.306 e. The fourth-order valence-electron chi connectivity index (χ4n) is 1.71. The summed E-state index contributed by atoms with van der Waals surface area (Å²) in [5, 5.41) is 3.30. The van der Waals surface area contributed by atoms with Crippen LogP contribution in [0.4, 0.5) is 0 Å². The van der Waals surface area contributed by atoms with Crippen molar-refractivity contribution in [3.05, 3.63) is 35.9 Å². The first-order valence-electron chi connectivity index (χ1n) is 6.66. The molecule has 1 aromatic rings.